The second-order valence-corrected chi connectivity index (χ2v) is 3.58. The number of alkyl halides is 2. The van der Waals surface area contributed by atoms with Gasteiger partial charge in [-0.15, -0.1) is 0 Å². The van der Waals surface area contributed by atoms with Crippen molar-refractivity contribution in [2.75, 3.05) is 6.61 Å². The first-order chi connectivity index (χ1) is 8.30. The molecule has 0 aliphatic heterocycles. The third kappa shape index (κ3) is 2.69. The molecule has 1 rings (SSSR count). The topological polar surface area (TPSA) is 43.4 Å². The summed E-state index contributed by atoms with van der Waals surface area (Å²) in [6.45, 7) is 2.39. The minimum Gasteiger partial charge on any atom is -0.461 e. The zero-order valence-electron chi connectivity index (χ0n) is 9.80. The van der Waals surface area contributed by atoms with Crippen molar-refractivity contribution in [3.8, 4) is 0 Å². The van der Waals surface area contributed by atoms with Crippen molar-refractivity contribution in [1.29, 1.82) is 0 Å². The standard InChI is InChI=1S/C12H11F3O3/c1-3-18-11(17)12(14,15)10(16)9-5-4-8(13)6-7(9)2/h4-6H,3H2,1-2H3. The number of aryl methyl sites for hydroxylation is 1. The summed E-state index contributed by atoms with van der Waals surface area (Å²) in [6, 6.07) is 2.73. The van der Waals surface area contributed by atoms with E-state index in [-0.39, 0.29) is 12.2 Å². The Balaban J connectivity index is 3.09. The van der Waals surface area contributed by atoms with Crippen LogP contribution in [0.15, 0.2) is 18.2 Å². The molecular weight excluding hydrogens is 249 g/mol. The molecule has 0 bridgehead atoms. The smallest absolute Gasteiger partial charge is 0.404 e. The third-order valence-electron chi connectivity index (χ3n) is 2.25. The molecule has 18 heavy (non-hydrogen) atoms. The van der Waals surface area contributed by atoms with E-state index in [1.54, 1.807) is 0 Å². The maximum Gasteiger partial charge on any atom is 0.404 e. The number of esters is 1. The first-order valence-corrected chi connectivity index (χ1v) is 5.16. The van der Waals surface area contributed by atoms with E-state index in [1.807, 2.05) is 0 Å². The molecule has 1 aromatic rings. The average molecular weight is 260 g/mol. The molecule has 0 unspecified atom stereocenters. The highest BCUT2D eigenvalue weighted by Crippen LogP contribution is 2.24. The highest BCUT2D eigenvalue weighted by Gasteiger charge is 2.49. The van der Waals surface area contributed by atoms with Crippen LogP contribution in [0.1, 0.15) is 22.8 Å². The van der Waals surface area contributed by atoms with Gasteiger partial charge in [0.05, 0.1) is 6.61 Å². The summed E-state index contributed by atoms with van der Waals surface area (Å²) < 4.78 is 43.8. The number of hydrogen-bond acceptors (Lipinski definition) is 3. The maximum atomic E-state index is 13.4. The van der Waals surface area contributed by atoms with Crippen LogP contribution < -0.4 is 0 Å². The van der Waals surface area contributed by atoms with Gasteiger partial charge in [0.1, 0.15) is 5.82 Å². The van der Waals surface area contributed by atoms with E-state index >= 15 is 0 Å². The normalized spacial score (nSPS) is 11.2. The van der Waals surface area contributed by atoms with E-state index in [9.17, 15) is 22.8 Å². The van der Waals surface area contributed by atoms with Crippen LogP contribution in [0.2, 0.25) is 0 Å². The number of benzene rings is 1. The van der Waals surface area contributed by atoms with E-state index in [2.05, 4.69) is 4.74 Å². The molecule has 0 aromatic heterocycles. The van der Waals surface area contributed by atoms with Gasteiger partial charge < -0.3 is 4.74 Å². The molecule has 1 aromatic carbocycles. The van der Waals surface area contributed by atoms with Crippen LogP contribution in [-0.4, -0.2) is 24.3 Å². The van der Waals surface area contributed by atoms with Crippen molar-refractivity contribution in [3.05, 3.63) is 35.1 Å². The van der Waals surface area contributed by atoms with Crippen molar-refractivity contribution in [1.82, 2.24) is 0 Å². The summed E-state index contributed by atoms with van der Waals surface area (Å²) in [5.41, 5.74) is -0.376. The largest absolute Gasteiger partial charge is 0.461 e. The van der Waals surface area contributed by atoms with Crippen LogP contribution >= 0.6 is 0 Å². The molecule has 0 spiro atoms. The Morgan fingerprint density at radius 2 is 1.94 bits per heavy atom. The Hall–Kier alpha value is -1.85. The van der Waals surface area contributed by atoms with E-state index in [4.69, 9.17) is 0 Å². The van der Waals surface area contributed by atoms with Gasteiger partial charge in [0.2, 0.25) is 5.78 Å². The summed E-state index contributed by atoms with van der Waals surface area (Å²) >= 11 is 0. The zero-order valence-corrected chi connectivity index (χ0v) is 9.80. The Bertz CT molecular complexity index is 483. The van der Waals surface area contributed by atoms with Crippen LogP contribution in [0, 0.1) is 12.7 Å². The van der Waals surface area contributed by atoms with Gasteiger partial charge in [-0.2, -0.15) is 8.78 Å². The fourth-order valence-corrected chi connectivity index (χ4v) is 1.37. The molecule has 0 saturated heterocycles. The maximum absolute atomic E-state index is 13.4. The van der Waals surface area contributed by atoms with Crippen molar-refractivity contribution in [3.63, 3.8) is 0 Å². The van der Waals surface area contributed by atoms with Crippen molar-refractivity contribution in [2.45, 2.75) is 19.8 Å². The summed E-state index contributed by atoms with van der Waals surface area (Å²) in [7, 11) is 0. The van der Waals surface area contributed by atoms with Gasteiger partial charge in [-0.25, -0.2) is 9.18 Å². The minimum absolute atomic E-state index is 0.0315. The molecule has 0 aliphatic carbocycles. The number of carbonyl (C=O) groups is 2. The molecule has 0 saturated carbocycles. The average Bonchev–Trinajstić information content (AvgIpc) is 2.28. The first-order valence-electron chi connectivity index (χ1n) is 5.16. The predicted octanol–water partition coefficient (Wildman–Crippen LogP) is 2.52. The SMILES string of the molecule is CCOC(=O)C(F)(F)C(=O)c1ccc(F)cc1C. The first kappa shape index (κ1) is 14.2. The molecule has 3 nitrogen and oxygen atoms in total. The molecular formula is C12H11F3O3. The van der Waals surface area contributed by atoms with E-state index in [0.29, 0.717) is 0 Å². The van der Waals surface area contributed by atoms with Crippen LogP contribution in [0.4, 0.5) is 13.2 Å². The number of carbonyl (C=O) groups excluding carboxylic acids is 2. The fourth-order valence-electron chi connectivity index (χ4n) is 1.37. The van der Waals surface area contributed by atoms with Crippen molar-refractivity contribution >= 4 is 11.8 Å². The van der Waals surface area contributed by atoms with Gasteiger partial charge in [0.15, 0.2) is 0 Å². The summed E-state index contributed by atoms with van der Waals surface area (Å²) in [4.78, 5) is 22.5. The van der Waals surface area contributed by atoms with E-state index in [1.165, 1.54) is 13.8 Å². The Morgan fingerprint density at radius 3 is 2.44 bits per heavy atom. The Kier molecular flexibility index (Phi) is 4.11. The highest BCUT2D eigenvalue weighted by molar-refractivity contribution is 6.14. The molecule has 0 fully saturated rings. The summed E-state index contributed by atoms with van der Waals surface area (Å²) in [5, 5.41) is 0. The number of halogens is 3. The number of ketones is 1. The second kappa shape index (κ2) is 5.20. The Morgan fingerprint density at radius 1 is 1.33 bits per heavy atom. The van der Waals surface area contributed by atoms with Gasteiger partial charge in [0.25, 0.3) is 0 Å². The predicted molar refractivity (Wildman–Crippen MR) is 57.0 cm³/mol. The lowest BCUT2D eigenvalue weighted by atomic mass is 10.0. The zero-order chi connectivity index (χ0) is 13.9. The lowest BCUT2D eigenvalue weighted by molar-refractivity contribution is -0.164. The molecule has 0 radical (unpaired) electrons. The third-order valence-corrected chi connectivity index (χ3v) is 2.25. The molecule has 0 amide bonds. The summed E-state index contributed by atoms with van der Waals surface area (Å²) in [6.07, 6.45) is 0. The minimum atomic E-state index is -4.27. The highest BCUT2D eigenvalue weighted by atomic mass is 19.3. The van der Waals surface area contributed by atoms with Crippen LogP contribution in [0.5, 0.6) is 0 Å². The lowest BCUT2D eigenvalue weighted by Gasteiger charge is -2.14. The van der Waals surface area contributed by atoms with Gasteiger partial charge in [-0.3, -0.25) is 4.79 Å². The quantitative estimate of drug-likeness (QED) is 0.474. The second-order valence-electron chi connectivity index (χ2n) is 3.58. The molecule has 0 N–H and O–H groups in total. The van der Waals surface area contributed by atoms with Crippen molar-refractivity contribution in [2.24, 2.45) is 0 Å². The molecule has 0 aliphatic rings. The molecule has 0 atom stereocenters. The van der Waals surface area contributed by atoms with Gasteiger partial charge >= 0.3 is 11.9 Å². The number of Topliss-reactive ketones (excluding diaryl/α,β-unsaturated/α-hetero) is 1. The van der Waals surface area contributed by atoms with Crippen LogP contribution in [0.25, 0.3) is 0 Å². The van der Waals surface area contributed by atoms with Crippen LogP contribution in [0.3, 0.4) is 0 Å². The summed E-state index contributed by atoms with van der Waals surface area (Å²) in [5.74, 6) is -8.51. The lowest BCUT2D eigenvalue weighted by Crippen LogP contribution is -2.39. The van der Waals surface area contributed by atoms with Crippen molar-refractivity contribution < 1.29 is 27.5 Å². The molecule has 6 heteroatoms. The van der Waals surface area contributed by atoms with E-state index < -0.39 is 29.1 Å². The molecule has 98 valence electrons. The van der Waals surface area contributed by atoms with Gasteiger partial charge in [-0.1, -0.05) is 0 Å². The fraction of sp³-hybridized carbons (Fsp3) is 0.333. The number of hydrogen-bond donors (Lipinski definition) is 0. The van der Waals surface area contributed by atoms with Gasteiger partial charge in [-0.05, 0) is 37.6 Å². The molecule has 0 heterocycles. The van der Waals surface area contributed by atoms with Gasteiger partial charge in [0, 0.05) is 5.56 Å². The monoisotopic (exact) mass is 260 g/mol. The number of ether oxygens (including phenoxy) is 1. The number of rotatable bonds is 4. The van der Waals surface area contributed by atoms with E-state index in [0.717, 1.165) is 18.2 Å². The van der Waals surface area contributed by atoms with Crippen LogP contribution in [-0.2, 0) is 9.53 Å². The Labute approximate surface area is 102 Å².